The third-order valence-corrected chi connectivity index (χ3v) is 8.37. The van der Waals surface area contributed by atoms with Gasteiger partial charge in [0.15, 0.2) is 0 Å². The lowest BCUT2D eigenvalue weighted by Crippen LogP contribution is -2.23. The fourth-order valence-electron chi connectivity index (χ4n) is 3.56. The Kier molecular flexibility index (Phi) is 7.88. The Labute approximate surface area is 175 Å². The molecular weight excluding hydrogens is 379 g/mol. The Morgan fingerprint density at radius 2 is 1.45 bits per heavy atom. The minimum atomic E-state index is -2.79. The minimum Gasteiger partial charge on any atom is -0.494 e. The van der Waals surface area contributed by atoms with Crippen LogP contribution in [0.2, 0.25) is 0 Å². The van der Waals surface area contributed by atoms with Gasteiger partial charge in [-0.15, -0.1) is 0 Å². The maximum atomic E-state index is 14.4. The number of rotatable bonds is 9. The zero-order valence-electron chi connectivity index (χ0n) is 17.4. The molecule has 2 aromatic rings. The molecule has 1 aliphatic rings. The topological polar surface area (TPSA) is 32.8 Å². The van der Waals surface area contributed by atoms with Crippen molar-refractivity contribution in [2.24, 2.45) is 0 Å². The van der Waals surface area contributed by atoms with Crippen molar-refractivity contribution in [3.8, 4) is 0 Å². The van der Waals surface area contributed by atoms with Gasteiger partial charge in [0.1, 0.15) is 12.4 Å². The summed E-state index contributed by atoms with van der Waals surface area (Å²) in [5.74, 6) is 0.796. The van der Waals surface area contributed by atoms with Crippen LogP contribution < -0.4 is 0 Å². The molecule has 154 valence electrons. The van der Waals surface area contributed by atoms with Crippen molar-refractivity contribution in [1.29, 1.82) is 0 Å². The summed E-state index contributed by atoms with van der Waals surface area (Å²) in [7, 11) is -2.79. The largest absolute Gasteiger partial charge is 0.494 e. The van der Waals surface area contributed by atoms with E-state index in [9.17, 15) is 4.57 Å². The molecule has 0 saturated carbocycles. The van der Waals surface area contributed by atoms with E-state index >= 15 is 0 Å². The molecule has 1 saturated heterocycles. The lowest BCUT2D eigenvalue weighted by atomic mass is 10.2. The van der Waals surface area contributed by atoms with Gasteiger partial charge in [-0.2, -0.15) is 0 Å². The Hall–Kier alpha value is -2.13. The van der Waals surface area contributed by atoms with Crippen LogP contribution in [0.15, 0.2) is 84.7 Å². The van der Waals surface area contributed by atoms with Gasteiger partial charge < -0.3 is 4.74 Å². The van der Waals surface area contributed by atoms with Crippen LogP contribution in [-0.4, -0.2) is 35.2 Å². The van der Waals surface area contributed by atoms with Crippen LogP contribution in [0.4, 0.5) is 0 Å². The molecule has 2 aromatic carbocycles. The minimum absolute atomic E-state index is 0.431. The molecule has 1 heterocycles. The average molecular weight is 410 g/mol. The molecule has 0 atom stereocenters. The maximum absolute atomic E-state index is 14.4. The summed E-state index contributed by atoms with van der Waals surface area (Å²) in [5, 5.41) is 0. The average Bonchev–Trinajstić information content (AvgIpc) is 3.04. The molecule has 0 spiro atoms. The summed E-state index contributed by atoms with van der Waals surface area (Å²) in [4.78, 5) is 0. The van der Waals surface area contributed by atoms with E-state index in [4.69, 9.17) is 4.74 Å². The number of allylic oxidation sites excluding steroid dienone is 3. The first kappa shape index (κ1) is 21.6. The highest BCUT2D eigenvalue weighted by atomic mass is 31.2. The number of benzene rings is 2. The number of hydrogen-bond donors (Lipinski definition) is 0. The number of nitrogens with zero attached hydrogens (tertiary/aromatic N) is 2. The first-order valence-corrected chi connectivity index (χ1v) is 12.0. The van der Waals surface area contributed by atoms with Gasteiger partial charge in [-0.1, -0.05) is 72.8 Å². The van der Waals surface area contributed by atoms with E-state index in [-0.39, 0.29) is 0 Å². The summed E-state index contributed by atoms with van der Waals surface area (Å²) in [5.41, 5.74) is 2.37. The molecule has 0 amide bonds. The van der Waals surface area contributed by atoms with Gasteiger partial charge in [0.25, 0.3) is 0 Å². The van der Waals surface area contributed by atoms with Crippen molar-refractivity contribution < 1.29 is 9.30 Å². The molecule has 0 N–H and O–H groups in total. The number of ether oxygens (including phenoxy) is 1. The fraction of sp³-hybridized carbons (Fsp3) is 0.333. The molecule has 4 nitrogen and oxygen atoms in total. The summed E-state index contributed by atoms with van der Waals surface area (Å²) in [6.45, 7) is 7.41. The summed E-state index contributed by atoms with van der Waals surface area (Å²) in [6, 6.07) is 20.6. The molecule has 0 radical (unpaired) electrons. The molecule has 0 aliphatic carbocycles. The molecule has 0 unspecified atom stereocenters. The lowest BCUT2D eigenvalue weighted by molar-refractivity contribution is 0.247. The third kappa shape index (κ3) is 5.70. The van der Waals surface area contributed by atoms with Crippen molar-refractivity contribution >= 4 is 7.44 Å². The van der Waals surface area contributed by atoms with E-state index in [1.54, 1.807) is 0 Å². The van der Waals surface area contributed by atoms with E-state index in [2.05, 4.69) is 33.6 Å². The molecule has 3 rings (SSSR count). The van der Waals surface area contributed by atoms with Gasteiger partial charge in [-0.3, -0.25) is 4.57 Å². The van der Waals surface area contributed by atoms with E-state index in [0.717, 1.165) is 18.8 Å². The summed E-state index contributed by atoms with van der Waals surface area (Å²) in [6.07, 6.45) is 6.31. The van der Waals surface area contributed by atoms with Gasteiger partial charge in [-0.05, 0) is 31.1 Å². The van der Waals surface area contributed by atoms with Gasteiger partial charge >= 0.3 is 0 Å². The van der Waals surface area contributed by atoms with Gasteiger partial charge in [0.05, 0.1) is 6.16 Å². The molecule has 1 fully saturated rings. The van der Waals surface area contributed by atoms with Crippen molar-refractivity contribution in [2.75, 3.05) is 25.9 Å². The van der Waals surface area contributed by atoms with Crippen LogP contribution in [0.3, 0.4) is 0 Å². The highest BCUT2D eigenvalue weighted by molar-refractivity contribution is 7.59. The normalized spacial score (nSPS) is 17.8. The second-order valence-corrected chi connectivity index (χ2v) is 9.98. The van der Waals surface area contributed by atoms with Gasteiger partial charge in [0.2, 0.25) is 7.44 Å². The zero-order chi connectivity index (χ0) is 20.5. The molecular formula is C24H31N2O2P. The molecule has 29 heavy (non-hydrogen) atoms. The second-order valence-electron chi connectivity index (χ2n) is 7.21. The monoisotopic (exact) mass is 410 g/mol. The van der Waals surface area contributed by atoms with Crippen molar-refractivity contribution in [1.82, 2.24) is 9.34 Å². The molecule has 0 bridgehead atoms. The van der Waals surface area contributed by atoms with Crippen LogP contribution in [0, 0.1) is 0 Å². The van der Waals surface area contributed by atoms with Crippen LogP contribution in [0.5, 0.6) is 0 Å². The Balaban J connectivity index is 1.82. The van der Waals surface area contributed by atoms with Crippen LogP contribution in [-0.2, 0) is 22.4 Å². The first-order valence-electron chi connectivity index (χ1n) is 10.2. The van der Waals surface area contributed by atoms with E-state index < -0.39 is 7.44 Å². The third-order valence-electron chi connectivity index (χ3n) is 5.20. The predicted octanol–water partition coefficient (Wildman–Crippen LogP) is 5.69. The second kappa shape index (κ2) is 10.6. The lowest BCUT2D eigenvalue weighted by Gasteiger charge is -2.31. The first-order chi connectivity index (χ1) is 14.2. The van der Waals surface area contributed by atoms with Crippen LogP contribution >= 0.6 is 7.44 Å². The fourth-order valence-corrected chi connectivity index (χ4v) is 6.57. The Morgan fingerprint density at radius 1 is 0.931 bits per heavy atom. The SMILES string of the molecule is C/C=C/CO/C(=C/C)CP1(=O)N(Cc2ccccc2)CCN1Cc1ccccc1. The van der Waals surface area contributed by atoms with E-state index in [1.807, 2.05) is 68.5 Å². The number of hydrogen-bond acceptors (Lipinski definition) is 2. The maximum Gasteiger partial charge on any atom is 0.224 e. The van der Waals surface area contributed by atoms with Crippen molar-refractivity contribution in [2.45, 2.75) is 26.9 Å². The van der Waals surface area contributed by atoms with Crippen molar-refractivity contribution in [3.63, 3.8) is 0 Å². The summed E-state index contributed by atoms with van der Waals surface area (Å²) < 4.78 is 24.6. The van der Waals surface area contributed by atoms with Crippen LogP contribution in [0.25, 0.3) is 0 Å². The zero-order valence-corrected chi connectivity index (χ0v) is 18.3. The molecule has 0 aromatic heterocycles. The Bertz CT molecular complexity index is 811. The standard InChI is InChI=1S/C24H31N2O2P/c1-3-5-18-28-24(4-2)21-29(27)25(19-22-12-8-6-9-13-22)16-17-26(29)20-23-14-10-7-11-15-23/h3-15H,16-21H2,1-2H3/b5-3+,24-4+. The summed E-state index contributed by atoms with van der Waals surface area (Å²) >= 11 is 0. The van der Waals surface area contributed by atoms with E-state index in [0.29, 0.717) is 25.9 Å². The molecule has 1 aliphatic heterocycles. The predicted molar refractivity (Wildman–Crippen MR) is 121 cm³/mol. The smallest absolute Gasteiger partial charge is 0.224 e. The quantitative estimate of drug-likeness (QED) is 0.302. The van der Waals surface area contributed by atoms with Crippen molar-refractivity contribution in [3.05, 3.63) is 95.8 Å². The highest BCUT2D eigenvalue weighted by Crippen LogP contribution is 2.59. The van der Waals surface area contributed by atoms with Crippen LogP contribution in [0.1, 0.15) is 25.0 Å². The van der Waals surface area contributed by atoms with E-state index in [1.165, 1.54) is 11.1 Å². The molecule has 5 heteroatoms. The van der Waals surface area contributed by atoms with Gasteiger partial charge in [0, 0.05) is 26.2 Å². The van der Waals surface area contributed by atoms with Gasteiger partial charge in [-0.25, -0.2) is 9.34 Å². The Morgan fingerprint density at radius 3 is 1.90 bits per heavy atom. The highest BCUT2D eigenvalue weighted by Gasteiger charge is 2.43.